The summed E-state index contributed by atoms with van der Waals surface area (Å²) < 4.78 is 7.62. The molecule has 0 spiro atoms. The maximum Gasteiger partial charge on any atom is 0.180 e. The lowest BCUT2D eigenvalue weighted by molar-refractivity contribution is 0.124. The van der Waals surface area contributed by atoms with E-state index in [9.17, 15) is 0 Å². The first-order valence-corrected chi connectivity index (χ1v) is 7.76. The van der Waals surface area contributed by atoms with Crippen LogP contribution in [0.15, 0.2) is 18.6 Å². The van der Waals surface area contributed by atoms with Crippen molar-refractivity contribution in [2.75, 3.05) is 36.9 Å². The molecule has 114 valence electrons. The topological polar surface area (TPSA) is 63.5 Å². The van der Waals surface area contributed by atoms with Gasteiger partial charge in [0, 0.05) is 38.7 Å². The van der Waals surface area contributed by atoms with Gasteiger partial charge in [-0.15, -0.1) is 0 Å². The summed E-state index contributed by atoms with van der Waals surface area (Å²) >= 11 is 0. The van der Waals surface area contributed by atoms with E-state index in [1.165, 1.54) is 12.8 Å². The second-order valence-corrected chi connectivity index (χ2v) is 5.46. The van der Waals surface area contributed by atoms with Crippen LogP contribution in [0.5, 0.6) is 0 Å². The first kappa shape index (κ1) is 14.1. The molecule has 0 radical (unpaired) electrons. The Balaban J connectivity index is 1.52. The van der Waals surface area contributed by atoms with Crippen molar-refractivity contribution in [2.24, 2.45) is 5.92 Å². The molecule has 3 rings (SSSR count). The molecule has 6 nitrogen and oxygen atoms in total. The number of ether oxygens (including phenoxy) is 1. The number of rotatable bonds is 9. The van der Waals surface area contributed by atoms with Crippen LogP contribution in [0.25, 0.3) is 5.65 Å². The van der Waals surface area contributed by atoms with Crippen LogP contribution in [0.3, 0.4) is 0 Å². The number of imidazole rings is 1. The number of nitrogens with one attached hydrogen (secondary N) is 2. The van der Waals surface area contributed by atoms with Crippen molar-refractivity contribution in [2.45, 2.75) is 26.2 Å². The van der Waals surface area contributed by atoms with Gasteiger partial charge in [0.1, 0.15) is 5.82 Å². The number of hydrogen-bond acceptors (Lipinski definition) is 5. The third kappa shape index (κ3) is 3.85. The van der Waals surface area contributed by atoms with E-state index in [0.717, 1.165) is 55.9 Å². The van der Waals surface area contributed by atoms with Crippen LogP contribution in [-0.4, -0.2) is 40.7 Å². The summed E-state index contributed by atoms with van der Waals surface area (Å²) in [5.41, 5.74) is 0.857. The van der Waals surface area contributed by atoms with Crippen LogP contribution in [0.1, 0.15) is 26.2 Å². The van der Waals surface area contributed by atoms with Gasteiger partial charge in [-0.3, -0.25) is 0 Å². The van der Waals surface area contributed by atoms with Crippen LogP contribution in [0.2, 0.25) is 0 Å². The molecule has 2 aromatic rings. The van der Waals surface area contributed by atoms with E-state index in [-0.39, 0.29) is 0 Å². The molecule has 1 saturated carbocycles. The Labute approximate surface area is 124 Å². The van der Waals surface area contributed by atoms with Crippen LogP contribution in [0, 0.1) is 5.92 Å². The van der Waals surface area contributed by atoms with E-state index < -0.39 is 0 Å². The summed E-state index contributed by atoms with van der Waals surface area (Å²) in [6.45, 7) is 5.49. The van der Waals surface area contributed by atoms with E-state index in [4.69, 9.17) is 4.74 Å². The van der Waals surface area contributed by atoms with Crippen molar-refractivity contribution in [1.82, 2.24) is 14.4 Å². The zero-order chi connectivity index (χ0) is 14.5. The number of fused-ring (bicyclic) bond motifs is 1. The predicted molar refractivity (Wildman–Crippen MR) is 83.8 cm³/mol. The Hall–Kier alpha value is -1.82. The van der Waals surface area contributed by atoms with E-state index >= 15 is 0 Å². The van der Waals surface area contributed by atoms with Crippen molar-refractivity contribution >= 4 is 17.3 Å². The molecule has 21 heavy (non-hydrogen) atoms. The average molecular weight is 289 g/mol. The maximum absolute atomic E-state index is 5.64. The van der Waals surface area contributed by atoms with Gasteiger partial charge in [0.05, 0.1) is 6.20 Å². The number of aromatic nitrogens is 3. The fourth-order valence-electron chi connectivity index (χ4n) is 2.23. The molecule has 2 N–H and O–H groups in total. The SMILES string of the molecule is CCNc1cn2ccnc2c(NCCCOCC2CC2)n1. The van der Waals surface area contributed by atoms with Crippen LogP contribution in [0.4, 0.5) is 11.6 Å². The molecule has 0 unspecified atom stereocenters. The highest BCUT2D eigenvalue weighted by Crippen LogP contribution is 2.28. The summed E-state index contributed by atoms with van der Waals surface area (Å²) in [6, 6.07) is 0. The fourth-order valence-corrected chi connectivity index (χ4v) is 2.23. The molecule has 0 aromatic carbocycles. The quantitative estimate of drug-likeness (QED) is 0.694. The molecule has 0 amide bonds. The zero-order valence-electron chi connectivity index (χ0n) is 12.5. The minimum atomic E-state index is 0.807. The van der Waals surface area contributed by atoms with Crippen LogP contribution < -0.4 is 10.6 Å². The smallest absolute Gasteiger partial charge is 0.180 e. The van der Waals surface area contributed by atoms with Crippen molar-refractivity contribution < 1.29 is 4.74 Å². The normalized spacial score (nSPS) is 14.5. The molecule has 2 heterocycles. The summed E-state index contributed by atoms with van der Waals surface area (Å²) in [4.78, 5) is 8.92. The summed E-state index contributed by atoms with van der Waals surface area (Å²) in [6.07, 6.45) is 9.34. The third-order valence-corrected chi connectivity index (χ3v) is 3.54. The summed E-state index contributed by atoms with van der Waals surface area (Å²) in [5, 5.41) is 6.60. The molecule has 6 heteroatoms. The van der Waals surface area contributed by atoms with Gasteiger partial charge in [0.15, 0.2) is 11.5 Å². The van der Waals surface area contributed by atoms with E-state index in [1.807, 2.05) is 16.8 Å². The fraction of sp³-hybridized carbons (Fsp3) is 0.600. The molecular formula is C15H23N5O. The monoisotopic (exact) mass is 289 g/mol. The Morgan fingerprint density at radius 1 is 1.38 bits per heavy atom. The lowest BCUT2D eigenvalue weighted by atomic mass is 10.4. The molecule has 0 saturated heterocycles. The highest BCUT2D eigenvalue weighted by molar-refractivity contribution is 5.65. The second kappa shape index (κ2) is 6.76. The Kier molecular flexibility index (Phi) is 4.55. The number of hydrogen-bond donors (Lipinski definition) is 2. The van der Waals surface area contributed by atoms with E-state index in [0.29, 0.717) is 0 Å². The molecule has 2 aromatic heterocycles. The lowest BCUT2D eigenvalue weighted by Crippen LogP contribution is -2.10. The van der Waals surface area contributed by atoms with Crippen molar-refractivity contribution in [3.63, 3.8) is 0 Å². The van der Waals surface area contributed by atoms with Gasteiger partial charge in [-0.1, -0.05) is 0 Å². The van der Waals surface area contributed by atoms with Crippen LogP contribution >= 0.6 is 0 Å². The van der Waals surface area contributed by atoms with Gasteiger partial charge in [-0.05, 0) is 32.1 Å². The second-order valence-electron chi connectivity index (χ2n) is 5.46. The minimum Gasteiger partial charge on any atom is -0.381 e. The highest BCUT2D eigenvalue weighted by Gasteiger charge is 2.20. The van der Waals surface area contributed by atoms with Gasteiger partial charge in [0.25, 0.3) is 0 Å². The molecular weight excluding hydrogens is 266 g/mol. The number of nitrogens with zero attached hydrogens (tertiary/aromatic N) is 3. The van der Waals surface area contributed by atoms with Gasteiger partial charge >= 0.3 is 0 Å². The van der Waals surface area contributed by atoms with Crippen LogP contribution in [-0.2, 0) is 4.74 Å². The summed E-state index contributed by atoms with van der Waals surface area (Å²) in [7, 11) is 0. The maximum atomic E-state index is 5.64. The van der Waals surface area contributed by atoms with Crippen molar-refractivity contribution in [3.05, 3.63) is 18.6 Å². The standard InChI is InChI=1S/C15H23N5O/c1-2-16-13-10-20-8-7-18-15(20)14(19-13)17-6-3-9-21-11-12-4-5-12/h7-8,10,12,16H,2-6,9,11H2,1H3,(H,17,19). The molecule has 1 aliphatic rings. The molecule has 0 aliphatic heterocycles. The Bertz CT molecular complexity index is 578. The van der Waals surface area contributed by atoms with Crippen molar-refractivity contribution in [1.29, 1.82) is 0 Å². The first-order chi connectivity index (χ1) is 10.4. The zero-order valence-corrected chi connectivity index (χ0v) is 12.5. The van der Waals surface area contributed by atoms with Gasteiger partial charge in [0.2, 0.25) is 0 Å². The van der Waals surface area contributed by atoms with Gasteiger partial charge < -0.3 is 19.8 Å². The Morgan fingerprint density at radius 2 is 2.29 bits per heavy atom. The Morgan fingerprint density at radius 3 is 3.10 bits per heavy atom. The summed E-state index contributed by atoms with van der Waals surface area (Å²) in [5.74, 6) is 2.51. The first-order valence-electron chi connectivity index (χ1n) is 7.76. The van der Waals surface area contributed by atoms with Gasteiger partial charge in [-0.2, -0.15) is 0 Å². The molecule has 1 fully saturated rings. The van der Waals surface area contributed by atoms with E-state index in [1.54, 1.807) is 6.20 Å². The third-order valence-electron chi connectivity index (χ3n) is 3.54. The molecule has 0 bridgehead atoms. The van der Waals surface area contributed by atoms with Gasteiger partial charge in [-0.25, -0.2) is 9.97 Å². The largest absolute Gasteiger partial charge is 0.381 e. The van der Waals surface area contributed by atoms with E-state index in [2.05, 4.69) is 27.5 Å². The van der Waals surface area contributed by atoms with Crippen molar-refractivity contribution in [3.8, 4) is 0 Å². The average Bonchev–Trinajstić information content (AvgIpc) is 3.18. The molecule has 1 aliphatic carbocycles. The highest BCUT2D eigenvalue weighted by atomic mass is 16.5. The lowest BCUT2D eigenvalue weighted by Gasteiger charge is -2.10. The minimum absolute atomic E-state index is 0.807. The molecule has 0 atom stereocenters. The number of anilines is 2. The predicted octanol–water partition coefficient (Wildman–Crippen LogP) is 2.39.